The van der Waals surface area contributed by atoms with Crippen molar-refractivity contribution >= 4 is 15.9 Å². The largest absolute Gasteiger partial charge is 0.439 e. The number of hydrogen-bond donors (Lipinski definition) is 0. The molecule has 1 aromatic carbocycles. The molecule has 3 nitrogen and oxygen atoms in total. The van der Waals surface area contributed by atoms with Crippen LogP contribution in [0.3, 0.4) is 0 Å². The van der Waals surface area contributed by atoms with Crippen molar-refractivity contribution in [1.82, 2.24) is 4.98 Å². The van der Waals surface area contributed by atoms with E-state index >= 15 is 0 Å². The fourth-order valence-electron chi connectivity index (χ4n) is 1.37. The van der Waals surface area contributed by atoms with Crippen LogP contribution in [0.1, 0.15) is 5.69 Å². The second-order valence-corrected chi connectivity index (χ2v) is 4.37. The average Bonchev–Trinajstić information content (AvgIpc) is 2.33. The van der Waals surface area contributed by atoms with Crippen LogP contribution >= 0.6 is 15.9 Å². The van der Waals surface area contributed by atoms with Gasteiger partial charge in [-0.05, 0) is 30.3 Å². The summed E-state index contributed by atoms with van der Waals surface area (Å²) >= 11 is 3.38. The Morgan fingerprint density at radius 2 is 1.88 bits per heavy atom. The number of nitrogens with zero attached hydrogens (tertiary/aromatic N) is 1. The summed E-state index contributed by atoms with van der Waals surface area (Å²) < 4.78 is 11.7. The minimum atomic E-state index is 0.484. The molecule has 4 heteroatoms. The zero-order valence-corrected chi connectivity index (χ0v) is 11.0. The van der Waals surface area contributed by atoms with Crippen LogP contribution in [-0.4, -0.2) is 12.1 Å². The monoisotopic (exact) mass is 293 g/mol. The van der Waals surface area contributed by atoms with Crippen molar-refractivity contribution in [2.75, 3.05) is 7.11 Å². The maximum atomic E-state index is 5.63. The van der Waals surface area contributed by atoms with Crippen LogP contribution in [-0.2, 0) is 11.3 Å². The molecule has 88 valence electrons. The summed E-state index contributed by atoms with van der Waals surface area (Å²) in [5, 5.41) is 0. The van der Waals surface area contributed by atoms with Crippen molar-refractivity contribution in [2.45, 2.75) is 6.61 Å². The summed E-state index contributed by atoms with van der Waals surface area (Å²) in [5.41, 5.74) is 0.849. The molecule has 0 atom stereocenters. The predicted octanol–water partition coefficient (Wildman–Crippen LogP) is 3.78. The van der Waals surface area contributed by atoms with Gasteiger partial charge in [-0.2, -0.15) is 0 Å². The Hall–Kier alpha value is -1.39. The molecule has 1 aromatic heterocycles. The number of ether oxygens (including phenoxy) is 2. The molecule has 2 rings (SSSR count). The number of halogens is 1. The summed E-state index contributed by atoms with van der Waals surface area (Å²) in [6, 6.07) is 13.2. The minimum absolute atomic E-state index is 0.484. The molecule has 0 saturated heterocycles. The Bertz CT molecular complexity index is 485. The lowest BCUT2D eigenvalue weighted by Gasteiger charge is -2.06. The molecular formula is C13H12BrNO2. The van der Waals surface area contributed by atoms with Gasteiger partial charge in [-0.3, -0.25) is 0 Å². The molecule has 0 aliphatic carbocycles. The van der Waals surface area contributed by atoms with Gasteiger partial charge in [-0.1, -0.05) is 22.0 Å². The SMILES string of the molecule is COCc1cccc(Oc2ccc(Br)cc2)n1. The van der Waals surface area contributed by atoms with E-state index in [1.165, 1.54) is 0 Å². The van der Waals surface area contributed by atoms with E-state index in [2.05, 4.69) is 20.9 Å². The Morgan fingerprint density at radius 1 is 1.12 bits per heavy atom. The Kier molecular flexibility index (Phi) is 4.12. The molecule has 0 bridgehead atoms. The van der Waals surface area contributed by atoms with Crippen LogP contribution in [0.15, 0.2) is 46.9 Å². The summed E-state index contributed by atoms with van der Waals surface area (Å²) in [7, 11) is 1.64. The minimum Gasteiger partial charge on any atom is -0.439 e. The van der Waals surface area contributed by atoms with Crippen molar-refractivity contribution in [1.29, 1.82) is 0 Å². The van der Waals surface area contributed by atoms with E-state index < -0.39 is 0 Å². The summed E-state index contributed by atoms with van der Waals surface area (Å²) in [6.07, 6.45) is 0. The van der Waals surface area contributed by atoms with Crippen LogP contribution in [0.5, 0.6) is 11.6 Å². The first-order chi connectivity index (χ1) is 8.28. The summed E-state index contributed by atoms with van der Waals surface area (Å²) in [6.45, 7) is 0.484. The maximum absolute atomic E-state index is 5.63. The summed E-state index contributed by atoms with van der Waals surface area (Å²) in [5.74, 6) is 1.33. The van der Waals surface area contributed by atoms with Gasteiger partial charge in [0.25, 0.3) is 0 Å². The Balaban J connectivity index is 2.12. The molecule has 2 aromatic rings. The van der Waals surface area contributed by atoms with E-state index in [1.807, 2.05) is 42.5 Å². The van der Waals surface area contributed by atoms with Gasteiger partial charge in [0, 0.05) is 17.6 Å². The lowest BCUT2D eigenvalue weighted by Crippen LogP contribution is -1.94. The quantitative estimate of drug-likeness (QED) is 0.860. The third-order valence-electron chi connectivity index (χ3n) is 2.11. The molecule has 0 unspecified atom stereocenters. The van der Waals surface area contributed by atoms with Crippen molar-refractivity contribution in [3.63, 3.8) is 0 Å². The molecule has 17 heavy (non-hydrogen) atoms. The topological polar surface area (TPSA) is 31.4 Å². The van der Waals surface area contributed by atoms with Gasteiger partial charge in [0.15, 0.2) is 0 Å². The first-order valence-corrected chi connectivity index (χ1v) is 5.95. The van der Waals surface area contributed by atoms with E-state index in [0.717, 1.165) is 15.9 Å². The van der Waals surface area contributed by atoms with E-state index in [-0.39, 0.29) is 0 Å². The highest BCUT2D eigenvalue weighted by Gasteiger charge is 2.00. The van der Waals surface area contributed by atoms with Gasteiger partial charge in [-0.25, -0.2) is 4.98 Å². The fourth-order valence-corrected chi connectivity index (χ4v) is 1.63. The summed E-state index contributed by atoms with van der Waals surface area (Å²) in [4.78, 5) is 4.32. The predicted molar refractivity (Wildman–Crippen MR) is 69.2 cm³/mol. The Labute approximate surface area is 109 Å². The molecule has 0 N–H and O–H groups in total. The highest BCUT2D eigenvalue weighted by Crippen LogP contribution is 2.21. The van der Waals surface area contributed by atoms with Crippen molar-refractivity contribution < 1.29 is 9.47 Å². The van der Waals surface area contributed by atoms with E-state index in [0.29, 0.717) is 12.5 Å². The van der Waals surface area contributed by atoms with Gasteiger partial charge in [-0.15, -0.1) is 0 Å². The van der Waals surface area contributed by atoms with Gasteiger partial charge < -0.3 is 9.47 Å². The number of aromatic nitrogens is 1. The van der Waals surface area contributed by atoms with Gasteiger partial charge in [0.05, 0.1) is 12.3 Å². The number of pyridine rings is 1. The van der Waals surface area contributed by atoms with Crippen LogP contribution in [0.2, 0.25) is 0 Å². The second-order valence-electron chi connectivity index (χ2n) is 3.46. The zero-order chi connectivity index (χ0) is 12.1. The Morgan fingerprint density at radius 3 is 2.59 bits per heavy atom. The smallest absolute Gasteiger partial charge is 0.219 e. The fraction of sp³-hybridized carbons (Fsp3) is 0.154. The van der Waals surface area contributed by atoms with Gasteiger partial charge in [0.2, 0.25) is 5.88 Å². The van der Waals surface area contributed by atoms with Crippen molar-refractivity contribution in [3.05, 3.63) is 52.6 Å². The molecule has 0 aliphatic heterocycles. The number of rotatable bonds is 4. The van der Waals surface area contributed by atoms with Crippen LogP contribution in [0.4, 0.5) is 0 Å². The highest BCUT2D eigenvalue weighted by molar-refractivity contribution is 9.10. The second kappa shape index (κ2) is 5.80. The lowest BCUT2D eigenvalue weighted by molar-refractivity contribution is 0.181. The van der Waals surface area contributed by atoms with E-state index in [1.54, 1.807) is 7.11 Å². The van der Waals surface area contributed by atoms with E-state index in [4.69, 9.17) is 9.47 Å². The normalized spacial score (nSPS) is 10.2. The van der Waals surface area contributed by atoms with Crippen LogP contribution in [0, 0.1) is 0 Å². The molecule has 0 aliphatic rings. The maximum Gasteiger partial charge on any atom is 0.219 e. The highest BCUT2D eigenvalue weighted by atomic mass is 79.9. The van der Waals surface area contributed by atoms with Crippen molar-refractivity contribution in [2.24, 2.45) is 0 Å². The molecule has 0 fully saturated rings. The number of benzene rings is 1. The lowest BCUT2D eigenvalue weighted by atomic mass is 10.3. The molecule has 0 saturated carbocycles. The number of hydrogen-bond acceptors (Lipinski definition) is 3. The van der Waals surface area contributed by atoms with Crippen LogP contribution in [0.25, 0.3) is 0 Å². The molecule has 0 amide bonds. The standard InChI is InChI=1S/C13H12BrNO2/c1-16-9-11-3-2-4-13(15-11)17-12-7-5-10(14)6-8-12/h2-8H,9H2,1H3. The molecule has 0 radical (unpaired) electrons. The zero-order valence-electron chi connectivity index (χ0n) is 9.39. The van der Waals surface area contributed by atoms with Crippen LogP contribution < -0.4 is 4.74 Å². The molecule has 1 heterocycles. The number of methoxy groups -OCH3 is 1. The van der Waals surface area contributed by atoms with Gasteiger partial charge >= 0.3 is 0 Å². The van der Waals surface area contributed by atoms with E-state index in [9.17, 15) is 0 Å². The first kappa shape index (κ1) is 12.1. The first-order valence-electron chi connectivity index (χ1n) is 5.16. The molecular weight excluding hydrogens is 282 g/mol. The average molecular weight is 294 g/mol. The third-order valence-corrected chi connectivity index (χ3v) is 2.64. The van der Waals surface area contributed by atoms with Crippen molar-refractivity contribution in [3.8, 4) is 11.6 Å². The van der Waals surface area contributed by atoms with Gasteiger partial charge in [0.1, 0.15) is 5.75 Å². The molecule has 0 spiro atoms. The third kappa shape index (κ3) is 3.54.